The average molecular weight is 233 g/mol. The van der Waals surface area contributed by atoms with Gasteiger partial charge in [-0.05, 0) is 32.8 Å². The van der Waals surface area contributed by atoms with Gasteiger partial charge in [-0.25, -0.2) is 0 Å². The van der Waals surface area contributed by atoms with E-state index in [4.69, 9.17) is 10.5 Å². The van der Waals surface area contributed by atoms with Crippen LogP contribution in [0.3, 0.4) is 0 Å². The number of rotatable bonds is 3. The lowest BCUT2D eigenvalue weighted by molar-refractivity contribution is 0.277. The predicted molar refractivity (Wildman–Crippen MR) is 71.3 cm³/mol. The summed E-state index contributed by atoms with van der Waals surface area (Å²) in [6, 6.07) is 6.37. The third-order valence-electron chi connectivity index (χ3n) is 3.72. The molecular formula is C15H23NO. The van der Waals surface area contributed by atoms with Crippen LogP contribution in [0.25, 0.3) is 0 Å². The number of ether oxygens (including phenoxy) is 1. The van der Waals surface area contributed by atoms with E-state index in [-0.39, 0.29) is 5.54 Å². The zero-order valence-corrected chi connectivity index (χ0v) is 11.0. The smallest absolute Gasteiger partial charge is 0.124 e. The molecule has 0 heterocycles. The van der Waals surface area contributed by atoms with E-state index in [1.807, 2.05) is 6.92 Å². The third kappa shape index (κ3) is 2.63. The molecule has 1 aliphatic carbocycles. The molecule has 1 aromatic carbocycles. The van der Waals surface area contributed by atoms with Crippen molar-refractivity contribution in [1.29, 1.82) is 0 Å². The van der Waals surface area contributed by atoms with Gasteiger partial charge in [0.2, 0.25) is 0 Å². The second kappa shape index (κ2) is 5.09. The van der Waals surface area contributed by atoms with Crippen LogP contribution in [0.4, 0.5) is 0 Å². The number of benzene rings is 1. The van der Waals surface area contributed by atoms with Crippen LogP contribution in [0, 0.1) is 6.92 Å². The van der Waals surface area contributed by atoms with E-state index in [0.717, 1.165) is 18.6 Å². The highest BCUT2D eigenvalue weighted by atomic mass is 16.5. The minimum atomic E-state index is -0.172. The van der Waals surface area contributed by atoms with Crippen LogP contribution < -0.4 is 10.5 Å². The van der Waals surface area contributed by atoms with Crippen molar-refractivity contribution in [2.45, 2.75) is 51.5 Å². The van der Waals surface area contributed by atoms with Gasteiger partial charge >= 0.3 is 0 Å². The van der Waals surface area contributed by atoms with E-state index >= 15 is 0 Å². The first-order valence-corrected chi connectivity index (χ1v) is 6.68. The Balaban J connectivity index is 2.37. The summed E-state index contributed by atoms with van der Waals surface area (Å²) >= 11 is 0. The molecule has 1 fully saturated rings. The summed E-state index contributed by atoms with van der Waals surface area (Å²) in [6.45, 7) is 4.84. The van der Waals surface area contributed by atoms with Crippen LogP contribution in [0.1, 0.15) is 50.2 Å². The van der Waals surface area contributed by atoms with E-state index in [1.165, 1.54) is 30.4 Å². The first-order chi connectivity index (χ1) is 8.15. The summed E-state index contributed by atoms with van der Waals surface area (Å²) < 4.78 is 5.73. The van der Waals surface area contributed by atoms with Crippen molar-refractivity contribution in [2.75, 3.05) is 6.61 Å². The van der Waals surface area contributed by atoms with Crippen molar-refractivity contribution in [3.05, 3.63) is 29.3 Å². The molecule has 1 saturated carbocycles. The molecule has 0 radical (unpaired) electrons. The van der Waals surface area contributed by atoms with Crippen LogP contribution in [-0.4, -0.2) is 6.61 Å². The topological polar surface area (TPSA) is 35.2 Å². The highest BCUT2D eigenvalue weighted by Gasteiger charge is 2.32. The molecule has 0 amide bonds. The normalized spacial score (nSPS) is 19.0. The van der Waals surface area contributed by atoms with E-state index in [2.05, 4.69) is 25.1 Å². The molecular weight excluding hydrogens is 210 g/mol. The van der Waals surface area contributed by atoms with Gasteiger partial charge < -0.3 is 10.5 Å². The van der Waals surface area contributed by atoms with Crippen molar-refractivity contribution in [3.63, 3.8) is 0 Å². The van der Waals surface area contributed by atoms with Crippen LogP contribution in [0.15, 0.2) is 18.2 Å². The number of hydrogen-bond donors (Lipinski definition) is 1. The molecule has 0 aliphatic heterocycles. The molecule has 0 spiro atoms. The molecule has 2 heteroatoms. The second-order valence-corrected chi connectivity index (χ2v) is 5.15. The van der Waals surface area contributed by atoms with Gasteiger partial charge in [0.05, 0.1) is 6.61 Å². The maximum Gasteiger partial charge on any atom is 0.124 e. The molecule has 0 unspecified atom stereocenters. The summed E-state index contributed by atoms with van der Waals surface area (Å²) in [5.41, 5.74) is 8.90. The second-order valence-electron chi connectivity index (χ2n) is 5.15. The highest BCUT2D eigenvalue weighted by Crippen LogP contribution is 2.39. The Labute approximate surface area is 104 Å². The quantitative estimate of drug-likeness (QED) is 0.867. The average Bonchev–Trinajstić information content (AvgIpc) is 2.33. The minimum absolute atomic E-state index is 0.172. The van der Waals surface area contributed by atoms with Crippen molar-refractivity contribution < 1.29 is 4.74 Å². The predicted octanol–water partition coefficient (Wildman–Crippen LogP) is 3.51. The van der Waals surface area contributed by atoms with Gasteiger partial charge in [0.1, 0.15) is 5.75 Å². The zero-order chi connectivity index (χ0) is 12.3. The van der Waals surface area contributed by atoms with Gasteiger partial charge in [-0.2, -0.15) is 0 Å². The molecule has 0 bridgehead atoms. The van der Waals surface area contributed by atoms with Crippen molar-refractivity contribution >= 4 is 0 Å². The molecule has 0 saturated heterocycles. The lowest BCUT2D eigenvalue weighted by Crippen LogP contribution is -2.39. The molecule has 2 N–H and O–H groups in total. The maximum absolute atomic E-state index is 6.60. The first-order valence-electron chi connectivity index (χ1n) is 6.68. The summed E-state index contributed by atoms with van der Waals surface area (Å²) in [4.78, 5) is 0. The monoisotopic (exact) mass is 233 g/mol. The van der Waals surface area contributed by atoms with E-state index in [9.17, 15) is 0 Å². The Morgan fingerprint density at radius 2 is 1.94 bits per heavy atom. The van der Waals surface area contributed by atoms with Gasteiger partial charge in [-0.3, -0.25) is 0 Å². The number of hydrogen-bond acceptors (Lipinski definition) is 2. The molecule has 0 aromatic heterocycles. The third-order valence-corrected chi connectivity index (χ3v) is 3.72. The zero-order valence-electron chi connectivity index (χ0n) is 11.0. The molecule has 17 heavy (non-hydrogen) atoms. The fraction of sp³-hybridized carbons (Fsp3) is 0.600. The Morgan fingerprint density at radius 1 is 1.24 bits per heavy atom. The maximum atomic E-state index is 6.60. The fourth-order valence-electron chi connectivity index (χ4n) is 2.77. The van der Waals surface area contributed by atoms with E-state index < -0.39 is 0 Å². The van der Waals surface area contributed by atoms with Gasteiger partial charge in [-0.1, -0.05) is 37.0 Å². The van der Waals surface area contributed by atoms with Crippen molar-refractivity contribution in [1.82, 2.24) is 0 Å². The summed E-state index contributed by atoms with van der Waals surface area (Å²) in [5.74, 6) is 0.975. The van der Waals surface area contributed by atoms with Crippen molar-refractivity contribution in [3.8, 4) is 5.75 Å². The Bertz CT molecular complexity index is 381. The fourth-order valence-corrected chi connectivity index (χ4v) is 2.77. The molecule has 2 rings (SSSR count). The summed E-state index contributed by atoms with van der Waals surface area (Å²) in [6.07, 6.45) is 5.94. The van der Waals surface area contributed by atoms with E-state index in [0.29, 0.717) is 6.61 Å². The van der Waals surface area contributed by atoms with Gasteiger partial charge in [0, 0.05) is 11.1 Å². The standard InChI is InChI=1S/C15H23NO/c1-3-17-14-8-7-12(2)11-13(14)15(16)9-5-4-6-10-15/h7-8,11H,3-6,9-10,16H2,1-2H3. The van der Waals surface area contributed by atoms with Crippen LogP contribution >= 0.6 is 0 Å². The van der Waals surface area contributed by atoms with Crippen LogP contribution in [0.5, 0.6) is 5.75 Å². The largest absolute Gasteiger partial charge is 0.494 e. The van der Waals surface area contributed by atoms with Crippen molar-refractivity contribution in [2.24, 2.45) is 5.73 Å². The molecule has 1 aromatic rings. The lowest BCUT2D eigenvalue weighted by atomic mass is 9.77. The molecule has 2 nitrogen and oxygen atoms in total. The first kappa shape index (κ1) is 12.4. The molecule has 1 aliphatic rings. The number of nitrogens with two attached hydrogens (primary N) is 1. The number of aryl methyl sites for hydroxylation is 1. The van der Waals surface area contributed by atoms with Gasteiger partial charge in [0.15, 0.2) is 0 Å². The Morgan fingerprint density at radius 3 is 2.59 bits per heavy atom. The summed E-state index contributed by atoms with van der Waals surface area (Å²) in [5, 5.41) is 0. The minimum Gasteiger partial charge on any atom is -0.494 e. The lowest BCUT2D eigenvalue weighted by Gasteiger charge is -2.35. The van der Waals surface area contributed by atoms with Crippen LogP contribution in [-0.2, 0) is 5.54 Å². The molecule has 0 atom stereocenters. The summed E-state index contributed by atoms with van der Waals surface area (Å²) in [7, 11) is 0. The van der Waals surface area contributed by atoms with E-state index in [1.54, 1.807) is 0 Å². The highest BCUT2D eigenvalue weighted by molar-refractivity contribution is 5.42. The van der Waals surface area contributed by atoms with Gasteiger partial charge in [0.25, 0.3) is 0 Å². The van der Waals surface area contributed by atoms with Gasteiger partial charge in [-0.15, -0.1) is 0 Å². The van der Waals surface area contributed by atoms with Crippen LogP contribution in [0.2, 0.25) is 0 Å². The SMILES string of the molecule is CCOc1ccc(C)cc1C1(N)CCCCC1. The molecule has 94 valence electrons. The Hall–Kier alpha value is -1.02. The Kier molecular flexibility index (Phi) is 3.72.